The molecule has 2 heterocycles. The lowest BCUT2D eigenvalue weighted by atomic mass is 10.0. The predicted molar refractivity (Wildman–Crippen MR) is 87.3 cm³/mol. The molecular weight excluding hydrogens is 290 g/mol. The molecule has 6 nitrogen and oxygen atoms in total. The number of carbonyl (C=O) groups excluding carboxylic acids is 1. The first-order valence-corrected chi connectivity index (χ1v) is 7.51. The third-order valence-corrected chi connectivity index (χ3v) is 3.85. The van der Waals surface area contributed by atoms with Gasteiger partial charge >= 0.3 is 0 Å². The lowest BCUT2D eigenvalue weighted by Gasteiger charge is -2.17. The quantitative estimate of drug-likeness (QED) is 0.807. The molecule has 0 saturated heterocycles. The van der Waals surface area contributed by atoms with Crippen molar-refractivity contribution in [1.29, 1.82) is 0 Å². The van der Waals surface area contributed by atoms with E-state index in [9.17, 15) is 4.79 Å². The third kappa shape index (κ3) is 2.92. The highest BCUT2D eigenvalue weighted by atomic mass is 16.2. The molecule has 0 fully saturated rings. The maximum Gasteiger partial charge on any atom is 0.270 e. The zero-order chi connectivity index (χ0) is 16.6. The highest BCUT2D eigenvalue weighted by molar-refractivity contribution is 5.93. The van der Waals surface area contributed by atoms with Gasteiger partial charge in [-0.05, 0) is 44.9 Å². The van der Waals surface area contributed by atoms with E-state index < -0.39 is 0 Å². The van der Waals surface area contributed by atoms with Gasteiger partial charge in [-0.15, -0.1) is 0 Å². The summed E-state index contributed by atoms with van der Waals surface area (Å²) in [6, 6.07) is 7.83. The van der Waals surface area contributed by atoms with Crippen LogP contribution in [0, 0.1) is 20.8 Å². The van der Waals surface area contributed by atoms with Crippen molar-refractivity contribution in [3.8, 4) is 0 Å². The normalized spacial score (nSPS) is 12.3. The van der Waals surface area contributed by atoms with E-state index in [1.54, 1.807) is 6.07 Å². The number of aromatic nitrogens is 4. The second-order valence-corrected chi connectivity index (χ2v) is 5.81. The summed E-state index contributed by atoms with van der Waals surface area (Å²) in [5.74, 6) is 0.229. The van der Waals surface area contributed by atoms with Gasteiger partial charge in [0.05, 0.1) is 6.04 Å². The van der Waals surface area contributed by atoms with Crippen molar-refractivity contribution < 1.29 is 4.79 Å². The van der Waals surface area contributed by atoms with Gasteiger partial charge < -0.3 is 5.32 Å². The van der Waals surface area contributed by atoms with Crippen LogP contribution < -0.4 is 5.32 Å². The Morgan fingerprint density at radius 1 is 1.22 bits per heavy atom. The molecule has 1 atom stereocenters. The Morgan fingerprint density at radius 3 is 2.74 bits per heavy atom. The minimum Gasteiger partial charge on any atom is -0.344 e. The van der Waals surface area contributed by atoms with Gasteiger partial charge in [0.1, 0.15) is 12.0 Å². The molecule has 118 valence electrons. The van der Waals surface area contributed by atoms with Crippen LogP contribution in [0.5, 0.6) is 0 Å². The number of aryl methyl sites for hydroxylation is 3. The van der Waals surface area contributed by atoms with E-state index in [2.05, 4.69) is 52.4 Å². The first-order chi connectivity index (χ1) is 11.0. The second-order valence-electron chi connectivity index (χ2n) is 5.81. The van der Waals surface area contributed by atoms with Crippen molar-refractivity contribution in [3.63, 3.8) is 0 Å². The van der Waals surface area contributed by atoms with E-state index in [0.717, 1.165) is 16.8 Å². The number of nitrogens with one attached hydrogen (secondary N) is 1. The fourth-order valence-corrected chi connectivity index (χ4v) is 2.75. The molecule has 1 amide bonds. The molecule has 0 spiro atoms. The molecule has 0 aliphatic rings. The average molecular weight is 309 g/mol. The van der Waals surface area contributed by atoms with Crippen LogP contribution in [0.4, 0.5) is 0 Å². The zero-order valence-electron chi connectivity index (χ0n) is 13.7. The van der Waals surface area contributed by atoms with Crippen molar-refractivity contribution in [2.24, 2.45) is 0 Å². The van der Waals surface area contributed by atoms with Crippen molar-refractivity contribution in [1.82, 2.24) is 24.9 Å². The predicted octanol–water partition coefficient (Wildman–Crippen LogP) is 2.54. The summed E-state index contributed by atoms with van der Waals surface area (Å²) >= 11 is 0. The van der Waals surface area contributed by atoms with Crippen LogP contribution >= 0.6 is 0 Å². The minimum absolute atomic E-state index is 0.102. The lowest BCUT2D eigenvalue weighted by Crippen LogP contribution is -2.29. The second kappa shape index (κ2) is 5.79. The van der Waals surface area contributed by atoms with Gasteiger partial charge in [0.25, 0.3) is 11.7 Å². The molecule has 0 unspecified atom stereocenters. The third-order valence-electron chi connectivity index (χ3n) is 3.85. The van der Waals surface area contributed by atoms with Crippen LogP contribution in [0.3, 0.4) is 0 Å². The average Bonchev–Trinajstić information content (AvgIpc) is 2.93. The standard InChI is InChI=1S/C17H19N5O/c1-10-5-6-14(11(2)7-10)13(4)21-16(23)15-8-12(3)20-17-18-9-19-22(15)17/h5-9,13H,1-4H3,(H,21,23)/t13-/m1/s1. The Morgan fingerprint density at radius 2 is 2.00 bits per heavy atom. The fourth-order valence-electron chi connectivity index (χ4n) is 2.75. The topological polar surface area (TPSA) is 72.2 Å². The minimum atomic E-state index is -0.196. The van der Waals surface area contributed by atoms with Crippen LogP contribution in [0.15, 0.2) is 30.6 Å². The van der Waals surface area contributed by atoms with Gasteiger partial charge in [-0.25, -0.2) is 4.98 Å². The Balaban J connectivity index is 1.89. The maximum atomic E-state index is 12.6. The van der Waals surface area contributed by atoms with Gasteiger partial charge in [-0.3, -0.25) is 4.79 Å². The van der Waals surface area contributed by atoms with Crippen LogP contribution in [0.2, 0.25) is 0 Å². The molecule has 3 rings (SSSR count). The number of amides is 1. The van der Waals surface area contributed by atoms with E-state index in [0.29, 0.717) is 11.5 Å². The number of carbonyl (C=O) groups is 1. The van der Waals surface area contributed by atoms with Crippen LogP contribution in [0.1, 0.15) is 45.8 Å². The summed E-state index contributed by atoms with van der Waals surface area (Å²) in [4.78, 5) is 20.9. The molecule has 1 aromatic carbocycles. The molecule has 0 radical (unpaired) electrons. The largest absolute Gasteiger partial charge is 0.344 e. The summed E-state index contributed by atoms with van der Waals surface area (Å²) in [5, 5.41) is 7.10. The number of hydrogen-bond donors (Lipinski definition) is 1. The van der Waals surface area contributed by atoms with E-state index in [1.807, 2.05) is 13.8 Å². The molecule has 0 aliphatic carbocycles. The highest BCUT2D eigenvalue weighted by Crippen LogP contribution is 2.19. The van der Waals surface area contributed by atoms with Crippen molar-refractivity contribution in [2.75, 3.05) is 0 Å². The first kappa shape index (κ1) is 15.1. The molecule has 23 heavy (non-hydrogen) atoms. The number of nitrogens with zero attached hydrogens (tertiary/aromatic N) is 4. The van der Waals surface area contributed by atoms with E-state index in [-0.39, 0.29) is 11.9 Å². The Bertz CT molecular complexity index is 884. The van der Waals surface area contributed by atoms with Gasteiger partial charge in [0, 0.05) is 5.69 Å². The summed E-state index contributed by atoms with van der Waals surface area (Å²) in [5.41, 5.74) is 4.63. The first-order valence-electron chi connectivity index (χ1n) is 7.51. The Hall–Kier alpha value is -2.76. The number of hydrogen-bond acceptors (Lipinski definition) is 4. The number of rotatable bonds is 3. The van der Waals surface area contributed by atoms with Gasteiger partial charge in [0.2, 0.25) is 0 Å². The van der Waals surface area contributed by atoms with Gasteiger partial charge in [-0.2, -0.15) is 14.6 Å². The summed E-state index contributed by atoms with van der Waals surface area (Å²) in [6.07, 6.45) is 1.39. The van der Waals surface area contributed by atoms with Crippen LogP contribution in [-0.4, -0.2) is 25.5 Å². The van der Waals surface area contributed by atoms with E-state index in [4.69, 9.17) is 0 Å². The zero-order valence-corrected chi connectivity index (χ0v) is 13.7. The summed E-state index contributed by atoms with van der Waals surface area (Å²) < 4.78 is 1.46. The van der Waals surface area contributed by atoms with Crippen molar-refractivity contribution in [2.45, 2.75) is 33.7 Å². The smallest absolute Gasteiger partial charge is 0.270 e. The molecule has 1 N–H and O–H groups in total. The fraction of sp³-hybridized carbons (Fsp3) is 0.294. The SMILES string of the molecule is Cc1ccc([C@@H](C)NC(=O)c2cc(C)nc3ncnn23)c(C)c1. The van der Waals surface area contributed by atoms with E-state index in [1.165, 1.54) is 16.4 Å². The maximum absolute atomic E-state index is 12.6. The molecule has 6 heteroatoms. The van der Waals surface area contributed by atoms with Crippen molar-refractivity contribution >= 4 is 11.7 Å². The molecular formula is C17H19N5O. The molecule has 3 aromatic rings. The van der Waals surface area contributed by atoms with Crippen LogP contribution in [-0.2, 0) is 0 Å². The lowest BCUT2D eigenvalue weighted by molar-refractivity contribution is 0.0932. The molecule has 0 saturated carbocycles. The highest BCUT2D eigenvalue weighted by Gasteiger charge is 2.17. The summed E-state index contributed by atoms with van der Waals surface area (Å²) in [6.45, 7) is 7.92. The Kier molecular flexibility index (Phi) is 3.82. The van der Waals surface area contributed by atoms with Gasteiger partial charge in [0.15, 0.2) is 0 Å². The summed E-state index contributed by atoms with van der Waals surface area (Å²) in [7, 11) is 0. The molecule has 2 aromatic heterocycles. The Labute approximate surface area is 134 Å². The van der Waals surface area contributed by atoms with E-state index >= 15 is 0 Å². The van der Waals surface area contributed by atoms with Crippen molar-refractivity contribution in [3.05, 3.63) is 58.7 Å². The number of benzene rings is 1. The molecule has 0 bridgehead atoms. The van der Waals surface area contributed by atoms with Gasteiger partial charge in [-0.1, -0.05) is 23.8 Å². The van der Waals surface area contributed by atoms with Crippen LogP contribution in [0.25, 0.3) is 5.78 Å². The number of fused-ring (bicyclic) bond motifs is 1. The molecule has 0 aliphatic heterocycles. The monoisotopic (exact) mass is 309 g/mol.